The molecule has 0 radical (unpaired) electrons. The fourth-order valence-electron chi connectivity index (χ4n) is 2.44. The third kappa shape index (κ3) is 3.49. The van der Waals surface area contributed by atoms with Crippen molar-refractivity contribution in [3.05, 3.63) is 10.0 Å². The Balaban J connectivity index is 2.01. The lowest BCUT2D eigenvalue weighted by Crippen LogP contribution is -2.07. The van der Waals surface area contributed by atoms with Crippen LogP contribution in [0, 0.1) is 0 Å². The summed E-state index contributed by atoms with van der Waals surface area (Å²) in [5.41, 5.74) is 6.00. The molecule has 1 aromatic rings. The van der Waals surface area contributed by atoms with Crippen LogP contribution in [0.25, 0.3) is 0 Å². The third-order valence-corrected chi connectivity index (χ3v) is 4.89. The number of nitrogens with zero attached hydrogens (tertiary/aromatic N) is 2. The van der Waals surface area contributed by atoms with E-state index in [4.69, 9.17) is 5.73 Å². The molecular weight excluding hydrogens is 230 g/mol. The normalized spacial score (nSPS) is 20.8. The van der Waals surface area contributed by atoms with Gasteiger partial charge in [0.2, 0.25) is 0 Å². The minimum Gasteiger partial charge on any atom is -0.322 e. The summed E-state index contributed by atoms with van der Waals surface area (Å²) in [6.07, 6.45) is 10.4. The molecule has 2 rings (SSSR count). The predicted octanol–water partition coefficient (Wildman–Crippen LogP) is 3.78. The first kappa shape index (κ1) is 13.0. The smallest absolute Gasteiger partial charge is 0.134 e. The van der Waals surface area contributed by atoms with Crippen molar-refractivity contribution in [2.45, 2.75) is 70.3 Å². The zero-order valence-electron chi connectivity index (χ0n) is 10.7. The lowest BCUT2D eigenvalue weighted by molar-refractivity contribution is 0.453. The standard InChI is InChI=1S/C13H23N3S/c1-2-11(14)13-16-15-12(17-13)10-8-6-4-3-5-7-9-10/h10-11H,2-9,14H2,1H3. The monoisotopic (exact) mass is 253 g/mol. The van der Waals surface area contributed by atoms with E-state index in [-0.39, 0.29) is 6.04 Å². The SMILES string of the molecule is CCC(N)c1nnc(C2CCCCCCC2)s1. The van der Waals surface area contributed by atoms with Crippen molar-refractivity contribution >= 4 is 11.3 Å². The average molecular weight is 253 g/mol. The maximum atomic E-state index is 6.00. The van der Waals surface area contributed by atoms with Crippen molar-refractivity contribution in [3.63, 3.8) is 0 Å². The van der Waals surface area contributed by atoms with Crippen molar-refractivity contribution in [2.75, 3.05) is 0 Å². The summed E-state index contributed by atoms with van der Waals surface area (Å²) in [5.74, 6) is 0.644. The maximum absolute atomic E-state index is 6.00. The van der Waals surface area contributed by atoms with Crippen molar-refractivity contribution in [1.29, 1.82) is 0 Å². The lowest BCUT2D eigenvalue weighted by atomic mass is 9.92. The molecule has 1 aliphatic rings. The minimum absolute atomic E-state index is 0.0785. The Morgan fingerprint density at radius 2 is 1.82 bits per heavy atom. The second-order valence-corrected chi connectivity index (χ2v) is 6.08. The van der Waals surface area contributed by atoms with Gasteiger partial charge in [-0.1, -0.05) is 50.4 Å². The van der Waals surface area contributed by atoms with Gasteiger partial charge in [0, 0.05) is 5.92 Å². The average Bonchev–Trinajstić information content (AvgIpc) is 2.77. The van der Waals surface area contributed by atoms with Crippen LogP contribution in [0.4, 0.5) is 0 Å². The van der Waals surface area contributed by atoms with E-state index in [1.807, 2.05) is 0 Å². The van der Waals surface area contributed by atoms with Gasteiger partial charge in [-0.3, -0.25) is 0 Å². The first-order valence-corrected chi connectivity index (χ1v) is 7.71. The summed E-state index contributed by atoms with van der Waals surface area (Å²) in [4.78, 5) is 0. The van der Waals surface area contributed by atoms with E-state index in [1.54, 1.807) is 11.3 Å². The van der Waals surface area contributed by atoms with Crippen LogP contribution in [0.5, 0.6) is 0 Å². The summed E-state index contributed by atoms with van der Waals surface area (Å²) in [6.45, 7) is 2.10. The number of aromatic nitrogens is 2. The molecule has 1 saturated carbocycles. The Labute approximate surface area is 108 Å². The summed E-state index contributed by atoms with van der Waals surface area (Å²) in [5, 5.41) is 10.9. The molecule has 1 aliphatic carbocycles. The molecule has 2 N–H and O–H groups in total. The molecule has 0 bridgehead atoms. The van der Waals surface area contributed by atoms with Crippen LogP contribution in [-0.4, -0.2) is 10.2 Å². The quantitative estimate of drug-likeness (QED) is 0.892. The summed E-state index contributed by atoms with van der Waals surface area (Å²) >= 11 is 1.74. The topological polar surface area (TPSA) is 51.8 Å². The van der Waals surface area contributed by atoms with Gasteiger partial charge in [-0.15, -0.1) is 10.2 Å². The molecule has 96 valence electrons. The minimum atomic E-state index is 0.0785. The lowest BCUT2D eigenvalue weighted by Gasteiger charge is -2.16. The molecule has 1 aromatic heterocycles. The molecule has 1 fully saturated rings. The van der Waals surface area contributed by atoms with Crippen LogP contribution in [0.15, 0.2) is 0 Å². The highest BCUT2D eigenvalue weighted by atomic mass is 32.1. The first-order chi connectivity index (χ1) is 8.31. The molecule has 1 heterocycles. The number of rotatable bonds is 3. The molecular formula is C13H23N3S. The van der Waals surface area contributed by atoms with Crippen LogP contribution in [0.1, 0.15) is 80.3 Å². The molecule has 17 heavy (non-hydrogen) atoms. The van der Waals surface area contributed by atoms with Gasteiger partial charge in [-0.25, -0.2) is 0 Å². The Hall–Kier alpha value is -0.480. The van der Waals surface area contributed by atoms with E-state index < -0.39 is 0 Å². The molecule has 0 aliphatic heterocycles. The van der Waals surface area contributed by atoms with Gasteiger partial charge in [0.25, 0.3) is 0 Å². The van der Waals surface area contributed by atoms with E-state index in [2.05, 4.69) is 17.1 Å². The maximum Gasteiger partial charge on any atom is 0.134 e. The second-order valence-electron chi connectivity index (χ2n) is 5.04. The number of hydrogen-bond acceptors (Lipinski definition) is 4. The van der Waals surface area contributed by atoms with Crippen molar-refractivity contribution in [2.24, 2.45) is 5.73 Å². The highest BCUT2D eigenvalue weighted by molar-refractivity contribution is 7.11. The van der Waals surface area contributed by atoms with E-state index in [0.29, 0.717) is 5.92 Å². The predicted molar refractivity (Wildman–Crippen MR) is 72.2 cm³/mol. The molecule has 1 unspecified atom stereocenters. The fraction of sp³-hybridized carbons (Fsp3) is 0.846. The van der Waals surface area contributed by atoms with Crippen molar-refractivity contribution in [3.8, 4) is 0 Å². The Morgan fingerprint density at radius 3 is 2.47 bits per heavy atom. The highest BCUT2D eigenvalue weighted by Gasteiger charge is 2.19. The molecule has 0 amide bonds. The third-order valence-electron chi connectivity index (χ3n) is 3.67. The van der Waals surface area contributed by atoms with E-state index >= 15 is 0 Å². The molecule has 4 heteroatoms. The van der Waals surface area contributed by atoms with Gasteiger partial charge in [-0.2, -0.15) is 0 Å². The Bertz CT molecular complexity index is 329. The van der Waals surface area contributed by atoms with Crippen molar-refractivity contribution in [1.82, 2.24) is 10.2 Å². The highest BCUT2D eigenvalue weighted by Crippen LogP contribution is 2.33. The summed E-state index contributed by atoms with van der Waals surface area (Å²) in [7, 11) is 0. The van der Waals surface area contributed by atoms with Gasteiger partial charge in [-0.05, 0) is 19.3 Å². The summed E-state index contributed by atoms with van der Waals surface area (Å²) in [6, 6.07) is 0.0785. The molecule has 1 atom stereocenters. The van der Waals surface area contributed by atoms with Crippen LogP contribution in [0.3, 0.4) is 0 Å². The first-order valence-electron chi connectivity index (χ1n) is 6.90. The van der Waals surface area contributed by atoms with Gasteiger partial charge in [0.15, 0.2) is 0 Å². The van der Waals surface area contributed by atoms with Crippen LogP contribution in [-0.2, 0) is 0 Å². The van der Waals surface area contributed by atoms with Crippen LogP contribution < -0.4 is 5.73 Å². The van der Waals surface area contributed by atoms with Gasteiger partial charge < -0.3 is 5.73 Å². The van der Waals surface area contributed by atoms with Crippen LogP contribution >= 0.6 is 11.3 Å². The Morgan fingerprint density at radius 1 is 1.18 bits per heavy atom. The van der Waals surface area contributed by atoms with Crippen molar-refractivity contribution < 1.29 is 0 Å². The summed E-state index contributed by atoms with van der Waals surface area (Å²) < 4.78 is 0. The van der Waals surface area contributed by atoms with Crippen LogP contribution in [0.2, 0.25) is 0 Å². The largest absolute Gasteiger partial charge is 0.322 e. The number of nitrogens with two attached hydrogens (primary N) is 1. The van der Waals surface area contributed by atoms with E-state index in [1.165, 1.54) is 50.0 Å². The zero-order valence-corrected chi connectivity index (χ0v) is 11.5. The molecule has 0 spiro atoms. The van der Waals surface area contributed by atoms with Gasteiger partial charge in [0.1, 0.15) is 10.0 Å². The second kappa shape index (κ2) is 6.45. The number of hydrogen-bond donors (Lipinski definition) is 1. The molecule has 0 saturated heterocycles. The Kier molecular flexibility index (Phi) is 4.92. The van der Waals surface area contributed by atoms with Gasteiger partial charge in [0.05, 0.1) is 6.04 Å². The molecule has 3 nitrogen and oxygen atoms in total. The fourth-order valence-corrected chi connectivity index (χ4v) is 3.54. The molecule has 0 aromatic carbocycles. The zero-order chi connectivity index (χ0) is 12.1. The van der Waals surface area contributed by atoms with E-state index in [0.717, 1.165) is 11.4 Å². The van der Waals surface area contributed by atoms with E-state index in [9.17, 15) is 0 Å². The van der Waals surface area contributed by atoms with Gasteiger partial charge >= 0.3 is 0 Å².